The molecule has 1 aliphatic carbocycles. The molecule has 108 valence electrons. The van der Waals surface area contributed by atoms with Crippen molar-refractivity contribution in [1.29, 1.82) is 0 Å². The van der Waals surface area contributed by atoms with Gasteiger partial charge in [-0.25, -0.2) is 0 Å². The van der Waals surface area contributed by atoms with Crippen LogP contribution in [0.15, 0.2) is 0 Å². The van der Waals surface area contributed by atoms with E-state index in [0.29, 0.717) is 12.1 Å². The second-order valence-corrected chi connectivity index (χ2v) is 5.63. The predicted molar refractivity (Wildman–Crippen MR) is 79.0 cm³/mol. The molecule has 1 saturated carbocycles. The van der Waals surface area contributed by atoms with Crippen molar-refractivity contribution in [3.8, 4) is 0 Å². The highest BCUT2D eigenvalue weighted by Crippen LogP contribution is 2.20. The van der Waals surface area contributed by atoms with Crippen LogP contribution in [0.5, 0.6) is 0 Å². The van der Waals surface area contributed by atoms with Gasteiger partial charge in [0.1, 0.15) is 0 Å². The van der Waals surface area contributed by atoms with Crippen LogP contribution >= 0.6 is 0 Å². The third kappa shape index (κ3) is 6.75. The molecule has 2 unspecified atom stereocenters. The standard InChI is InChI=1S/C16H33NO/c1-3-5-6-11-14-18-16-13-10-8-7-9-12-15(16)17-4-2/h15-17H,3-14H2,1-2H3. The Labute approximate surface area is 114 Å². The van der Waals surface area contributed by atoms with Crippen LogP contribution in [-0.2, 0) is 4.74 Å². The highest BCUT2D eigenvalue weighted by molar-refractivity contribution is 4.79. The van der Waals surface area contributed by atoms with E-state index < -0.39 is 0 Å². The largest absolute Gasteiger partial charge is 0.377 e. The lowest BCUT2D eigenvalue weighted by atomic mass is 9.94. The van der Waals surface area contributed by atoms with E-state index in [1.165, 1.54) is 64.2 Å². The molecule has 0 heterocycles. The van der Waals surface area contributed by atoms with Crippen molar-refractivity contribution >= 4 is 0 Å². The number of hydrogen-bond donors (Lipinski definition) is 1. The maximum Gasteiger partial charge on any atom is 0.0728 e. The first kappa shape index (κ1) is 16.0. The molecule has 0 aromatic carbocycles. The fourth-order valence-electron chi connectivity index (χ4n) is 2.91. The van der Waals surface area contributed by atoms with Crippen molar-refractivity contribution in [3.05, 3.63) is 0 Å². The summed E-state index contributed by atoms with van der Waals surface area (Å²) in [6.07, 6.45) is 13.8. The van der Waals surface area contributed by atoms with Gasteiger partial charge in [0.25, 0.3) is 0 Å². The van der Waals surface area contributed by atoms with Crippen molar-refractivity contribution in [2.75, 3.05) is 13.2 Å². The molecule has 1 N–H and O–H groups in total. The summed E-state index contributed by atoms with van der Waals surface area (Å²) in [5.41, 5.74) is 0. The minimum Gasteiger partial charge on any atom is -0.377 e. The van der Waals surface area contributed by atoms with E-state index in [4.69, 9.17) is 4.74 Å². The minimum absolute atomic E-state index is 0.465. The third-order valence-corrected chi connectivity index (χ3v) is 4.00. The molecule has 2 atom stereocenters. The van der Waals surface area contributed by atoms with Crippen molar-refractivity contribution < 1.29 is 4.74 Å². The summed E-state index contributed by atoms with van der Waals surface area (Å²) in [5.74, 6) is 0. The number of nitrogens with one attached hydrogen (secondary N) is 1. The molecule has 0 amide bonds. The lowest BCUT2D eigenvalue weighted by Gasteiger charge is -2.30. The molecule has 1 fully saturated rings. The molecule has 1 aliphatic rings. The van der Waals surface area contributed by atoms with E-state index in [-0.39, 0.29) is 0 Å². The molecule has 0 spiro atoms. The second kappa shape index (κ2) is 10.8. The van der Waals surface area contributed by atoms with E-state index in [1.54, 1.807) is 0 Å². The van der Waals surface area contributed by atoms with Crippen LogP contribution in [0.1, 0.15) is 78.1 Å². The van der Waals surface area contributed by atoms with Crippen LogP contribution in [0.3, 0.4) is 0 Å². The summed E-state index contributed by atoms with van der Waals surface area (Å²) in [7, 11) is 0. The van der Waals surface area contributed by atoms with Crippen LogP contribution < -0.4 is 5.32 Å². The smallest absolute Gasteiger partial charge is 0.0728 e. The SMILES string of the molecule is CCCCCCOC1CCCCCCC1NCC. The summed E-state index contributed by atoms with van der Waals surface area (Å²) in [6, 6.07) is 0.599. The van der Waals surface area contributed by atoms with Gasteiger partial charge in [0.05, 0.1) is 6.10 Å². The monoisotopic (exact) mass is 255 g/mol. The van der Waals surface area contributed by atoms with Gasteiger partial charge in [-0.15, -0.1) is 0 Å². The van der Waals surface area contributed by atoms with E-state index in [2.05, 4.69) is 19.2 Å². The molecule has 2 nitrogen and oxygen atoms in total. The van der Waals surface area contributed by atoms with E-state index in [1.807, 2.05) is 0 Å². The maximum atomic E-state index is 6.17. The Kier molecular flexibility index (Phi) is 9.59. The van der Waals surface area contributed by atoms with Gasteiger partial charge in [0.15, 0.2) is 0 Å². The summed E-state index contributed by atoms with van der Waals surface area (Å²) < 4.78 is 6.17. The lowest BCUT2D eigenvalue weighted by molar-refractivity contribution is 0.0119. The summed E-state index contributed by atoms with van der Waals surface area (Å²) >= 11 is 0. The summed E-state index contributed by atoms with van der Waals surface area (Å²) in [6.45, 7) is 6.50. The first-order valence-corrected chi connectivity index (χ1v) is 8.23. The Morgan fingerprint density at radius 2 is 1.72 bits per heavy atom. The summed E-state index contributed by atoms with van der Waals surface area (Å²) in [5, 5.41) is 3.63. The number of ether oxygens (including phenoxy) is 1. The first-order chi connectivity index (χ1) is 8.88. The molecule has 18 heavy (non-hydrogen) atoms. The van der Waals surface area contributed by atoms with Gasteiger partial charge in [0, 0.05) is 12.6 Å². The van der Waals surface area contributed by atoms with Crippen LogP contribution in [0.2, 0.25) is 0 Å². The summed E-state index contributed by atoms with van der Waals surface area (Å²) in [4.78, 5) is 0. The van der Waals surface area contributed by atoms with Crippen molar-refractivity contribution in [2.45, 2.75) is 90.2 Å². The van der Waals surface area contributed by atoms with Gasteiger partial charge in [-0.3, -0.25) is 0 Å². The topological polar surface area (TPSA) is 21.3 Å². The van der Waals surface area contributed by atoms with Crippen LogP contribution in [0, 0.1) is 0 Å². The van der Waals surface area contributed by atoms with E-state index in [9.17, 15) is 0 Å². The average Bonchev–Trinajstić information content (AvgIpc) is 2.35. The molecule has 0 radical (unpaired) electrons. The lowest BCUT2D eigenvalue weighted by Crippen LogP contribution is -2.42. The molecule has 1 rings (SSSR count). The van der Waals surface area contributed by atoms with Gasteiger partial charge in [-0.2, -0.15) is 0 Å². The molecule has 0 saturated heterocycles. The fourth-order valence-corrected chi connectivity index (χ4v) is 2.91. The highest BCUT2D eigenvalue weighted by atomic mass is 16.5. The Morgan fingerprint density at radius 1 is 0.944 bits per heavy atom. The van der Waals surface area contributed by atoms with Crippen molar-refractivity contribution in [3.63, 3.8) is 0 Å². The van der Waals surface area contributed by atoms with Crippen LogP contribution in [0.25, 0.3) is 0 Å². The molecule has 0 aromatic rings. The second-order valence-electron chi connectivity index (χ2n) is 5.63. The normalized spacial score (nSPS) is 25.7. The van der Waals surface area contributed by atoms with Gasteiger partial charge < -0.3 is 10.1 Å². The Hall–Kier alpha value is -0.0800. The van der Waals surface area contributed by atoms with Gasteiger partial charge >= 0.3 is 0 Å². The fraction of sp³-hybridized carbons (Fsp3) is 1.00. The van der Waals surface area contributed by atoms with E-state index in [0.717, 1.165) is 13.2 Å². The van der Waals surface area contributed by atoms with Gasteiger partial charge in [-0.1, -0.05) is 58.8 Å². The van der Waals surface area contributed by atoms with Crippen molar-refractivity contribution in [2.24, 2.45) is 0 Å². The number of rotatable bonds is 8. The Balaban J connectivity index is 2.26. The molecule has 2 heteroatoms. The molecular weight excluding hydrogens is 222 g/mol. The van der Waals surface area contributed by atoms with Crippen LogP contribution in [0.4, 0.5) is 0 Å². The molecular formula is C16H33NO. The zero-order chi connectivity index (χ0) is 13.1. The maximum absolute atomic E-state index is 6.17. The van der Waals surface area contributed by atoms with Crippen molar-refractivity contribution in [1.82, 2.24) is 5.32 Å². The third-order valence-electron chi connectivity index (χ3n) is 4.00. The zero-order valence-corrected chi connectivity index (χ0v) is 12.5. The molecule has 0 aromatic heterocycles. The minimum atomic E-state index is 0.465. The number of likely N-dealkylation sites (N-methyl/N-ethyl adjacent to an activating group) is 1. The number of hydrogen-bond acceptors (Lipinski definition) is 2. The van der Waals surface area contributed by atoms with Gasteiger partial charge in [0.2, 0.25) is 0 Å². The highest BCUT2D eigenvalue weighted by Gasteiger charge is 2.22. The zero-order valence-electron chi connectivity index (χ0n) is 12.5. The Morgan fingerprint density at radius 3 is 2.44 bits per heavy atom. The molecule has 0 aliphatic heterocycles. The number of unbranched alkanes of at least 4 members (excludes halogenated alkanes) is 3. The van der Waals surface area contributed by atoms with E-state index >= 15 is 0 Å². The average molecular weight is 255 g/mol. The Bertz CT molecular complexity index is 184. The quantitative estimate of drug-likeness (QED) is 0.653. The predicted octanol–water partition coefficient (Wildman–Crippen LogP) is 4.28. The van der Waals surface area contributed by atoms with Gasteiger partial charge in [-0.05, 0) is 25.8 Å². The first-order valence-electron chi connectivity index (χ1n) is 8.23. The van der Waals surface area contributed by atoms with Crippen LogP contribution in [-0.4, -0.2) is 25.3 Å². The molecule has 0 bridgehead atoms.